The zero-order chi connectivity index (χ0) is 19.9. The van der Waals surface area contributed by atoms with E-state index in [1.54, 1.807) is 11.3 Å². The van der Waals surface area contributed by atoms with Gasteiger partial charge in [0.15, 0.2) is 11.1 Å². The number of aromatic nitrogens is 2. The lowest BCUT2D eigenvalue weighted by atomic mass is 10.3. The summed E-state index contributed by atoms with van der Waals surface area (Å²) in [6.07, 6.45) is 5.34. The molecule has 0 aliphatic carbocycles. The molecule has 4 rings (SSSR count). The summed E-state index contributed by atoms with van der Waals surface area (Å²) >= 11 is 1.77. The Morgan fingerprint density at radius 2 is 1.93 bits per heavy atom. The predicted octanol–water partition coefficient (Wildman–Crippen LogP) is 2.47. The van der Waals surface area contributed by atoms with Crippen LogP contribution in [0, 0.1) is 0 Å². The maximum Gasteiger partial charge on any atom is 0.194 e. The van der Waals surface area contributed by atoms with Gasteiger partial charge in [-0.15, -0.1) is 11.3 Å². The van der Waals surface area contributed by atoms with Crippen LogP contribution in [0.1, 0.15) is 25.5 Å². The summed E-state index contributed by atoms with van der Waals surface area (Å²) in [6.45, 7) is 9.93. The van der Waals surface area contributed by atoms with Crippen LogP contribution in [0.2, 0.25) is 0 Å². The number of guanidine groups is 1. The molecule has 0 unspecified atom stereocenters. The number of rotatable bonds is 6. The highest BCUT2D eigenvalue weighted by atomic mass is 32.1. The molecule has 2 aromatic rings. The van der Waals surface area contributed by atoms with Gasteiger partial charge in [0, 0.05) is 70.4 Å². The second-order valence-electron chi connectivity index (χ2n) is 7.46. The highest BCUT2D eigenvalue weighted by Gasteiger charge is 2.20. The van der Waals surface area contributed by atoms with E-state index >= 15 is 0 Å². The minimum atomic E-state index is 0.770. The van der Waals surface area contributed by atoms with E-state index in [9.17, 15) is 0 Å². The van der Waals surface area contributed by atoms with Gasteiger partial charge in [-0.3, -0.25) is 4.99 Å². The summed E-state index contributed by atoms with van der Waals surface area (Å²) in [4.78, 5) is 21.3. The van der Waals surface area contributed by atoms with E-state index in [0.29, 0.717) is 0 Å². The summed E-state index contributed by atoms with van der Waals surface area (Å²) in [5, 5.41) is 6.83. The van der Waals surface area contributed by atoms with Gasteiger partial charge in [-0.05, 0) is 31.9 Å². The Kier molecular flexibility index (Phi) is 6.82. The van der Waals surface area contributed by atoms with Crippen molar-refractivity contribution in [3.05, 3.63) is 35.5 Å². The van der Waals surface area contributed by atoms with Crippen molar-refractivity contribution in [1.82, 2.24) is 20.2 Å². The second kappa shape index (κ2) is 9.91. The Bertz CT molecular complexity index is 777. The summed E-state index contributed by atoms with van der Waals surface area (Å²) < 4.78 is 0. The zero-order valence-corrected chi connectivity index (χ0v) is 18.1. The van der Waals surface area contributed by atoms with Crippen LogP contribution in [0.15, 0.2) is 34.8 Å². The van der Waals surface area contributed by atoms with E-state index in [-0.39, 0.29) is 0 Å². The van der Waals surface area contributed by atoms with Gasteiger partial charge in [0.25, 0.3) is 0 Å². The molecule has 0 aromatic carbocycles. The quantitative estimate of drug-likeness (QED) is 0.580. The van der Waals surface area contributed by atoms with Crippen LogP contribution in [-0.4, -0.2) is 73.2 Å². The van der Waals surface area contributed by atoms with E-state index in [1.165, 1.54) is 18.0 Å². The normalized spacial score (nSPS) is 17.8. The van der Waals surface area contributed by atoms with Gasteiger partial charge in [-0.25, -0.2) is 9.97 Å². The number of thiazole rings is 1. The fourth-order valence-corrected chi connectivity index (χ4v) is 4.77. The highest BCUT2D eigenvalue weighted by molar-refractivity contribution is 7.13. The smallest absolute Gasteiger partial charge is 0.194 e. The molecule has 2 aliphatic heterocycles. The molecule has 2 aliphatic rings. The van der Waals surface area contributed by atoms with E-state index in [2.05, 4.69) is 43.4 Å². The number of hydrogen-bond donors (Lipinski definition) is 1. The highest BCUT2D eigenvalue weighted by Crippen LogP contribution is 2.24. The molecular formula is C21H31N7S. The fourth-order valence-electron chi connectivity index (χ4n) is 3.86. The molecule has 156 valence electrons. The molecule has 7 nitrogen and oxygen atoms in total. The maximum absolute atomic E-state index is 4.89. The maximum atomic E-state index is 4.89. The molecule has 0 amide bonds. The van der Waals surface area contributed by atoms with Crippen LogP contribution in [0.25, 0.3) is 0 Å². The summed E-state index contributed by atoms with van der Waals surface area (Å²) in [5.74, 6) is 2.08. The third kappa shape index (κ3) is 5.18. The first-order valence-electron chi connectivity index (χ1n) is 10.7. The van der Waals surface area contributed by atoms with Crippen molar-refractivity contribution in [1.29, 1.82) is 0 Å². The fraction of sp³-hybridized carbons (Fsp3) is 0.571. The second-order valence-corrected chi connectivity index (χ2v) is 8.30. The predicted molar refractivity (Wildman–Crippen MR) is 121 cm³/mol. The van der Waals surface area contributed by atoms with Gasteiger partial charge in [0.05, 0.1) is 5.69 Å². The molecule has 2 fully saturated rings. The number of nitrogens with one attached hydrogen (secondary N) is 1. The molecule has 29 heavy (non-hydrogen) atoms. The van der Waals surface area contributed by atoms with Gasteiger partial charge < -0.3 is 20.0 Å². The summed E-state index contributed by atoms with van der Waals surface area (Å²) in [6, 6.07) is 6.10. The van der Waals surface area contributed by atoms with Crippen LogP contribution < -0.4 is 15.1 Å². The van der Waals surface area contributed by atoms with Gasteiger partial charge in [0.2, 0.25) is 0 Å². The first-order chi connectivity index (χ1) is 14.3. The Hall–Kier alpha value is -2.35. The number of nitrogens with zero attached hydrogens (tertiary/aromatic N) is 6. The standard InChI is InChI=1S/C21H31N7S/c1-2-22-20(27-15-13-26(14-16-27)19-7-3-4-9-23-19)24-10-8-18-17-29-21(25-18)28-11-5-6-12-28/h3-4,7,9,17H,2,5-6,8,10-16H2,1H3,(H,22,24). The monoisotopic (exact) mass is 413 g/mol. The Labute approximate surface area is 177 Å². The molecule has 8 heteroatoms. The molecular weight excluding hydrogens is 382 g/mol. The Morgan fingerprint density at radius 1 is 1.10 bits per heavy atom. The van der Waals surface area contributed by atoms with Crippen molar-refractivity contribution < 1.29 is 0 Å². The molecule has 0 atom stereocenters. The average molecular weight is 414 g/mol. The van der Waals surface area contributed by atoms with Gasteiger partial charge in [-0.2, -0.15) is 0 Å². The molecule has 2 saturated heterocycles. The molecule has 2 aromatic heterocycles. The first-order valence-corrected chi connectivity index (χ1v) is 11.6. The van der Waals surface area contributed by atoms with E-state index in [1.807, 2.05) is 18.3 Å². The minimum Gasteiger partial charge on any atom is -0.357 e. The summed E-state index contributed by atoms with van der Waals surface area (Å²) in [7, 11) is 0. The van der Waals surface area contributed by atoms with Crippen molar-refractivity contribution in [2.75, 3.05) is 62.2 Å². The molecule has 0 spiro atoms. The van der Waals surface area contributed by atoms with Crippen molar-refractivity contribution >= 4 is 28.2 Å². The lowest BCUT2D eigenvalue weighted by molar-refractivity contribution is 0.371. The Morgan fingerprint density at radius 3 is 2.66 bits per heavy atom. The molecule has 1 N–H and O–H groups in total. The number of pyridine rings is 1. The lowest BCUT2D eigenvalue weighted by Crippen LogP contribution is -2.52. The molecule has 0 saturated carbocycles. The van der Waals surface area contributed by atoms with E-state index in [0.717, 1.165) is 76.3 Å². The van der Waals surface area contributed by atoms with Crippen LogP contribution in [0.5, 0.6) is 0 Å². The van der Waals surface area contributed by atoms with Gasteiger partial charge in [-0.1, -0.05) is 6.07 Å². The van der Waals surface area contributed by atoms with Crippen LogP contribution in [0.3, 0.4) is 0 Å². The van der Waals surface area contributed by atoms with Gasteiger partial charge in [0.1, 0.15) is 5.82 Å². The largest absolute Gasteiger partial charge is 0.357 e. The minimum absolute atomic E-state index is 0.770. The number of anilines is 2. The van der Waals surface area contributed by atoms with E-state index in [4.69, 9.17) is 9.98 Å². The number of hydrogen-bond acceptors (Lipinski definition) is 6. The SMILES string of the molecule is CCNC(=NCCc1csc(N2CCCC2)n1)N1CCN(c2ccccn2)CC1. The average Bonchev–Trinajstić information content (AvgIpc) is 3.46. The van der Waals surface area contributed by atoms with E-state index < -0.39 is 0 Å². The molecule has 4 heterocycles. The number of aliphatic imine (C=N–C) groups is 1. The number of piperazine rings is 1. The van der Waals surface area contributed by atoms with Crippen LogP contribution in [0.4, 0.5) is 10.9 Å². The van der Waals surface area contributed by atoms with Crippen LogP contribution >= 0.6 is 11.3 Å². The van der Waals surface area contributed by atoms with Crippen molar-refractivity contribution in [3.63, 3.8) is 0 Å². The summed E-state index contributed by atoms with van der Waals surface area (Å²) in [5.41, 5.74) is 1.16. The topological polar surface area (TPSA) is 59.9 Å². The Balaban J connectivity index is 1.30. The lowest BCUT2D eigenvalue weighted by Gasteiger charge is -2.37. The third-order valence-corrected chi connectivity index (χ3v) is 6.38. The molecule has 0 bridgehead atoms. The van der Waals surface area contributed by atoms with Crippen LogP contribution in [-0.2, 0) is 6.42 Å². The van der Waals surface area contributed by atoms with Crippen molar-refractivity contribution in [2.45, 2.75) is 26.2 Å². The van der Waals surface area contributed by atoms with Crippen molar-refractivity contribution in [3.8, 4) is 0 Å². The third-order valence-electron chi connectivity index (χ3n) is 5.43. The van der Waals surface area contributed by atoms with Crippen molar-refractivity contribution in [2.24, 2.45) is 4.99 Å². The first kappa shape index (κ1) is 19.9. The van der Waals surface area contributed by atoms with Gasteiger partial charge >= 0.3 is 0 Å². The molecule has 0 radical (unpaired) electrons. The zero-order valence-electron chi connectivity index (χ0n) is 17.3.